The highest BCUT2D eigenvalue weighted by molar-refractivity contribution is 5.81. The second-order valence-electron chi connectivity index (χ2n) is 4.81. The van der Waals surface area contributed by atoms with E-state index in [-0.39, 0.29) is 18.0 Å². The van der Waals surface area contributed by atoms with Crippen LogP contribution in [0.15, 0.2) is 35.3 Å². The molecule has 2 unspecified atom stereocenters. The summed E-state index contributed by atoms with van der Waals surface area (Å²) >= 11 is 0. The Morgan fingerprint density at radius 2 is 2.21 bits per heavy atom. The van der Waals surface area contributed by atoms with Crippen molar-refractivity contribution in [3.63, 3.8) is 0 Å². The Kier molecular flexibility index (Phi) is 4.65. The largest absolute Gasteiger partial charge is 0.293 e. The summed E-state index contributed by atoms with van der Waals surface area (Å²) < 4.78 is 0. The minimum Gasteiger partial charge on any atom is -0.293 e. The van der Waals surface area contributed by atoms with Gasteiger partial charge in [0.1, 0.15) is 0 Å². The van der Waals surface area contributed by atoms with Gasteiger partial charge in [-0.15, -0.1) is 0 Å². The highest BCUT2D eigenvalue weighted by Crippen LogP contribution is 2.22. The van der Waals surface area contributed by atoms with Crippen molar-refractivity contribution in [1.29, 1.82) is 0 Å². The third kappa shape index (κ3) is 3.39. The van der Waals surface area contributed by atoms with Crippen LogP contribution in [-0.4, -0.2) is 36.2 Å². The number of nitrogens with one attached hydrogen (secondary N) is 1. The van der Waals surface area contributed by atoms with Crippen LogP contribution in [0.4, 0.5) is 0 Å². The summed E-state index contributed by atoms with van der Waals surface area (Å²) in [6, 6.07) is 9.84. The van der Waals surface area contributed by atoms with Gasteiger partial charge in [0.2, 0.25) is 0 Å². The molecule has 19 heavy (non-hydrogen) atoms. The lowest BCUT2D eigenvalue weighted by molar-refractivity contribution is -0.128. The van der Waals surface area contributed by atoms with E-state index in [1.807, 2.05) is 18.2 Å². The number of nitrogens with two attached hydrogens (primary N) is 1. The number of aliphatic imine (C=N–C) groups is 1. The van der Waals surface area contributed by atoms with E-state index in [0.717, 1.165) is 19.5 Å². The number of piperidine rings is 1. The van der Waals surface area contributed by atoms with E-state index in [9.17, 15) is 4.79 Å². The maximum absolute atomic E-state index is 11.9. The average molecular weight is 259 g/mol. The van der Waals surface area contributed by atoms with Gasteiger partial charge in [0.15, 0.2) is 0 Å². The van der Waals surface area contributed by atoms with Gasteiger partial charge in [0, 0.05) is 19.8 Å². The fourth-order valence-corrected chi connectivity index (χ4v) is 2.51. The third-order valence-electron chi connectivity index (χ3n) is 3.57. The van der Waals surface area contributed by atoms with Gasteiger partial charge >= 0.3 is 0 Å². The Bertz CT molecular complexity index is 434. The number of amides is 1. The summed E-state index contributed by atoms with van der Waals surface area (Å²) in [7, 11) is 0. The van der Waals surface area contributed by atoms with Crippen molar-refractivity contribution in [2.24, 2.45) is 10.8 Å². The molecule has 2 rings (SSSR count). The van der Waals surface area contributed by atoms with Crippen LogP contribution >= 0.6 is 0 Å². The van der Waals surface area contributed by atoms with E-state index in [2.05, 4.69) is 27.5 Å². The first-order valence-corrected chi connectivity index (χ1v) is 6.43. The SMILES string of the molecule is [CH]=NC1CCN(Cc2ccccc2)C(C(=O)NN)C1. The smallest absolute Gasteiger partial charge is 0.251 e. The fourth-order valence-electron chi connectivity index (χ4n) is 2.51. The predicted molar refractivity (Wildman–Crippen MR) is 74.5 cm³/mol. The molecular formula is C14H19N4O. The number of hydrogen-bond acceptors (Lipinski definition) is 4. The number of hydrazine groups is 1. The number of carbonyl (C=O) groups excluding carboxylic acids is 1. The molecule has 1 aromatic rings. The van der Waals surface area contributed by atoms with Crippen molar-refractivity contribution in [3.8, 4) is 0 Å². The molecule has 3 N–H and O–H groups in total. The molecule has 0 aromatic heterocycles. The Balaban J connectivity index is 2.08. The summed E-state index contributed by atoms with van der Waals surface area (Å²) in [6.45, 7) is 6.87. The normalized spacial score (nSPS) is 23.8. The second kappa shape index (κ2) is 6.45. The molecule has 1 saturated heterocycles. The van der Waals surface area contributed by atoms with Gasteiger partial charge in [-0.05, 0) is 18.4 Å². The molecule has 1 radical (unpaired) electrons. The Morgan fingerprint density at radius 1 is 1.47 bits per heavy atom. The van der Waals surface area contributed by atoms with Gasteiger partial charge in [-0.2, -0.15) is 0 Å². The number of carbonyl (C=O) groups is 1. The quantitative estimate of drug-likeness (QED) is 0.360. The van der Waals surface area contributed by atoms with Crippen LogP contribution in [0.2, 0.25) is 0 Å². The van der Waals surface area contributed by atoms with Crippen LogP contribution < -0.4 is 11.3 Å². The number of benzene rings is 1. The van der Waals surface area contributed by atoms with E-state index in [1.54, 1.807) is 0 Å². The van der Waals surface area contributed by atoms with E-state index in [4.69, 9.17) is 12.6 Å². The van der Waals surface area contributed by atoms with Gasteiger partial charge in [0.05, 0.1) is 12.1 Å². The van der Waals surface area contributed by atoms with Crippen molar-refractivity contribution in [2.75, 3.05) is 6.54 Å². The fraction of sp³-hybridized carbons (Fsp3) is 0.429. The van der Waals surface area contributed by atoms with Crippen molar-refractivity contribution < 1.29 is 4.79 Å². The highest BCUT2D eigenvalue weighted by Gasteiger charge is 2.32. The van der Waals surface area contributed by atoms with Crippen LogP contribution in [0.3, 0.4) is 0 Å². The highest BCUT2D eigenvalue weighted by atomic mass is 16.2. The van der Waals surface area contributed by atoms with Crippen molar-refractivity contribution in [1.82, 2.24) is 10.3 Å². The molecule has 0 bridgehead atoms. The van der Waals surface area contributed by atoms with Gasteiger partial charge in [-0.25, -0.2) is 5.84 Å². The Morgan fingerprint density at radius 3 is 2.84 bits per heavy atom. The Hall–Kier alpha value is -1.72. The molecule has 0 spiro atoms. The van der Waals surface area contributed by atoms with Crippen LogP contribution in [-0.2, 0) is 11.3 Å². The lowest BCUT2D eigenvalue weighted by Gasteiger charge is -2.36. The summed E-state index contributed by atoms with van der Waals surface area (Å²) in [5, 5.41) is 0. The summed E-state index contributed by atoms with van der Waals surface area (Å²) in [5.41, 5.74) is 3.41. The Labute approximate surface area is 113 Å². The number of rotatable bonds is 4. The third-order valence-corrected chi connectivity index (χ3v) is 3.57. The van der Waals surface area contributed by atoms with Crippen LogP contribution in [0.25, 0.3) is 0 Å². The first kappa shape index (κ1) is 13.7. The summed E-state index contributed by atoms with van der Waals surface area (Å²) in [6.07, 6.45) is 1.49. The zero-order valence-electron chi connectivity index (χ0n) is 10.8. The maximum Gasteiger partial charge on any atom is 0.251 e. The zero-order chi connectivity index (χ0) is 13.7. The van der Waals surface area contributed by atoms with Crippen LogP contribution in [0.1, 0.15) is 18.4 Å². The van der Waals surface area contributed by atoms with Gasteiger partial charge < -0.3 is 0 Å². The molecule has 1 amide bonds. The second-order valence-corrected chi connectivity index (χ2v) is 4.81. The number of nitrogens with zero attached hydrogens (tertiary/aromatic N) is 2. The van der Waals surface area contributed by atoms with E-state index >= 15 is 0 Å². The molecule has 2 atom stereocenters. The molecule has 5 heteroatoms. The molecule has 1 aliphatic heterocycles. The minimum atomic E-state index is -0.267. The number of likely N-dealkylation sites (tertiary alicyclic amines) is 1. The summed E-state index contributed by atoms with van der Waals surface area (Å²) in [5.74, 6) is 5.08. The molecule has 1 fully saturated rings. The predicted octanol–water partition coefficient (Wildman–Crippen LogP) is 0.587. The van der Waals surface area contributed by atoms with Crippen LogP contribution in [0.5, 0.6) is 0 Å². The van der Waals surface area contributed by atoms with Crippen molar-refractivity contribution in [3.05, 3.63) is 35.9 Å². The van der Waals surface area contributed by atoms with E-state index in [0.29, 0.717) is 6.42 Å². The maximum atomic E-state index is 11.9. The molecule has 5 nitrogen and oxygen atoms in total. The molecule has 0 saturated carbocycles. The molecule has 0 aliphatic carbocycles. The van der Waals surface area contributed by atoms with Crippen LogP contribution in [0, 0.1) is 0 Å². The van der Waals surface area contributed by atoms with E-state index < -0.39 is 0 Å². The first-order chi connectivity index (χ1) is 9.24. The molecular weight excluding hydrogens is 240 g/mol. The lowest BCUT2D eigenvalue weighted by Crippen LogP contribution is -2.53. The molecule has 1 aromatic carbocycles. The monoisotopic (exact) mass is 259 g/mol. The zero-order valence-corrected chi connectivity index (χ0v) is 10.8. The first-order valence-electron chi connectivity index (χ1n) is 6.43. The average Bonchev–Trinajstić information content (AvgIpc) is 2.48. The topological polar surface area (TPSA) is 70.7 Å². The van der Waals surface area contributed by atoms with Crippen molar-refractivity contribution in [2.45, 2.75) is 31.5 Å². The number of hydrogen-bond donors (Lipinski definition) is 2. The minimum absolute atomic E-state index is 0.0364. The standard InChI is InChI=1S/C14H19N4O/c1-16-12-7-8-18(13(9-12)14(19)17-15)10-11-5-3-2-4-6-11/h1-6,12-13H,7-10,15H2,(H,17,19). The van der Waals surface area contributed by atoms with Crippen molar-refractivity contribution >= 4 is 12.6 Å². The van der Waals surface area contributed by atoms with Gasteiger partial charge in [0.25, 0.3) is 5.91 Å². The molecule has 101 valence electrons. The van der Waals surface area contributed by atoms with Gasteiger partial charge in [-0.1, -0.05) is 30.3 Å². The summed E-state index contributed by atoms with van der Waals surface area (Å²) in [4.78, 5) is 17.8. The van der Waals surface area contributed by atoms with E-state index in [1.165, 1.54) is 5.56 Å². The molecule has 1 aliphatic rings. The lowest BCUT2D eigenvalue weighted by atomic mass is 9.96. The molecule has 1 heterocycles. The van der Waals surface area contributed by atoms with Gasteiger partial charge in [-0.3, -0.25) is 20.1 Å².